The Hall–Kier alpha value is -2.45. The van der Waals surface area contributed by atoms with Gasteiger partial charge in [-0.3, -0.25) is 9.78 Å². The van der Waals surface area contributed by atoms with E-state index in [1.54, 1.807) is 37.6 Å². The van der Waals surface area contributed by atoms with Gasteiger partial charge in [0.2, 0.25) is 11.8 Å². The fourth-order valence-electron chi connectivity index (χ4n) is 2.12. The zero-order valence-electron chi connectivity index (χ0n) is 13.7. The number of hydrogen-bond donors (Lipinski definition) is 0. The average molecular weight is 393 g/mol. The minimum absolute atomic E-state index is 0.0790. The predicted molar refractivity (Wildman–Crippen MR) is 96.1 cm³/mol. The molecule has 0 radical (unpaired) electrons. The first kappa shape index (κ1) is 18.3. The summed E-state index contributed by atoms with van der Waals surface area (Å²) in [5, 5.41) is 8.39. The molecule has 0 aliphatic rings. The minimum atomic E-state index is -0.442. The molecule has 3 rings (SSSR count). The quantitative estimate of drug-likeness (QED) is 0.596. The fourth-order valence-corrected chi connectivity index (χ4v) is 3.04. The van der Waals surface area contributed by atoms with Crippen molar-refractivity contribution in [3.05, 3.63) is 59.1 Å². The standard InChI is InChI=1S/C17H14ClFN4O2S/c1-23(9-12-13(18)5-2-6-14(12)19)15(24)10-26-17-22-21-16(25-17)11-4-3-7-20-8-11/h2-8H,9-10H2,1H3. The Balaban J connectivity index is 1.58. The van der Waals surface area contributed by atoms with E-state index in [2.05, 4.69) is 15.2 Å². The third kappa shape index (κ3) is 4.39. The zero-order valence-corrected chi connectivity index (χ0v) is 15.3. The first-order chi connectivity index (χ1) is 12.5. The van der Waals surface area contributed by atoms with Gasteiger partial charge >= 0.3 is 0 Å². The Bertz CT molecular complexity index is 887. The maximum atomic E-state index is 13.8. The molecule has 2 heterocycles. The lowest BCUT2D eigenvalue weighted by molar-refractivity contribution is -0.127. The fraction of sp³-hybridized carbons (Fsp3) is 0.176. The van der Waals surface area contributed by atoms with Gasteiger partial charge in [0.15, 0.2) is 0 Å². The molecule has 0 aliphatic carbocycles. The number of carbonyl (C=O) groups excluding carboxylic acids is 1. The van der Waals surface area contributed by atoms with Gasteiger partial charge in [-0.2, -0.15) is 0 Å². The molecular formula is C17H14ClFN4O2S. The van der Waals surface area contributed by atoms with E-state index >= 15 is 0 Å². The number of benzene rings is 1. The van der Waals surface area contributed by atoms with Gasteiger partial charge in [-0.25, -0.2) is 4.39 Å². The van der Waals surface area contributed by atoms with Gasteiger partial charge in [0.1, 0.15) is 5.82 Å². The highest BCUT2D eigenvalue weighted by atomic mass is 35.5. The largest absolute Gasteiger partial charge is 0.411 e. The predicted octanol–water partition coefficient (Wildman–Crippen LogP) is 3.67. The molecule has 9 heteroatoms. The SMILES string of the molecule is CN(Cc1c(F)cccc1Cl)C(=O)CSc1nnc(-c2cccnc2)o1. The number of halogens is 2. The molecule has 2 aromatic heterocycles. The van der Waals surface area contributed by atoms with E-state index in [-0.39, 0.29) is 34.0 Å². The molecule has 6 nitrogen and oxygen atoms in total. The van der Waals surface area contributed by atoms with Gasteiger partial charge in [0.05, 0.1) is 11.3 Å². The molecule has 3 aromatic rings. The molecule has 26 heavy (non-hydrogen) atoms. The number of pyridine rings is 1. The van der Waals surface area contributed by atoms with Crippen LogP contribution in [0.3, 0.4) is 0 Å². The molecule has 0 saturated heterocycles. The van der Waals surface area contributed by atoms with Crippen LogP contribution >= 0.6 is 23.4 Å². The Labute approximate surface area is 158 Å². The second kappa shape index (κ2) is 8.29. The Morgan fingerprint density at radius 3 is 2.88 bits per heavy atom. The highest BCUT2D eigenvalue weighted by Gasteiger charge is 2.16. The van der Waals surface area contributed by atoms with Crippen molar-refractivity contribution in [1.82, 2.24) is 20.1 Å². The van der Waals surface area contributed by atoms with Crippen LogP contribution in [-0.2, 0) is 11.3 Å². The third-order valence-electron chi connectivity index (χ3n) is 3.52. The molecule has 0 fully saturated rings. The van der Waals surface area contributed by atoms with Gasteiger partial charge in [0, 0.05) is 36.6 Å². The molecule has 134 valence electrons. The average Bonchev–Trinajstić information content (AvgIpc) is 3.12. The van der Waals surface area contributed by atoms with Gasteiger partial charge in [-0.15, -0.1) is 10.2 Å². The van der Waals surface area contributed by atoms with Crippen molar-refractivity contribution in [2.75, 3.05) is 12.8 Å². The highest BCUT2D eigenvalue weighted by molar-refractivity contribution is 7.99. The number of thioether (sulfide) groups is 1. The summed E-state index contributed by atoms with van der Waals surface area (Å²) in [4.78, 5) is 17.6. The van der Waals surface area contributed by atoms with E-state index in [9.17, 15) is 9.18 Å². The normalized spacial score (nSPS) is 10.7. The van der Waals surface area contributed by atoms with E-state index in [0.717, 1.165) is 11.8 Å². The molecular weight excluding hydrogens is 379 g/mol. The van der Waals surface area contributed by atoms with E-state index in [1.165, 1.54) is 17.0 Å². The lowest BCUT2D eigenvalue weighted by Gasteiger charge is -2.17. The monoisotopic (exact) mass is 392 g/mol. The number of carbonyl (C=O) groups is 1. The molecule has 0 aliphatic heterocycles. The summed E-state index contributed by atoms with van der Waals surface area (Å²) in [6.45, 7) is 0.0790. The van der Waals surface area contributed by atoms with Crippen molar-refractivity contribution in [1.29, 1.82) is 0 Å². The number of amides is 1. The lowest BCUT2D eigenvalue weighted by atomic mass is 10.2. The third-order valence-corrected chi connectivity index (χ3v) is 4.67. The van der Waals surface area contributed by atoms with Crippen molar-refractivity contribution in [2.45, 2.75) is 11.8 Å². The lowest BCUT2D eigenvalue weighted by Crippen LogP contribution is -2.28. The van der Waals surface area contributed by atoms with Gasteiger partial charge in [-0.05, 0) is 24.3 Å². The second-order valence-corrected chi connectivity index (χ2v) is 6.69. The zero-order chi connectivity index (χ0) is 18.5. The molecule has 1 amide bonds. The van der Waals surface area contributed by atoms with Crippen LogP contribution in [0, 0.1) is 5.82 Å². The van der Waals surface area contributed by atoms with Crippen molar-refractivity contribution in [3.8, 4) is 11.5 Å². The molecule has 0 unspecified atom stereocenters. The van der Waals surface area contributed by atoms with Crippen molar-refractivity contribution < 1.29 is 13.6 Å². The van der Waals surface area contributed by atoms with E-state index in [1.807, 2.05) is 0 Å². The topological polar surface area (TPSA) is 72.1 Å². The van der Waals surface area contributed by atoms with Crippen molar-refractivity contribution >= 4 is 29.3 Å². The Kier molecular flexibility index (Phi) is 5.85. The summed E-state index contributed by atoms with van der Waals surface area (Å²) < 4.78 is 19.3. The van der Waals surface area contributed by atoms with Crippen LogP contribution in [0.5, 0.6) is 0 Å². The van der Waals surface area contributed by atoms with E-state index in [0.29, 0.717) is 11.5 Å². The smallest absolute Gasteiger partial charge is 0.277 e. The number of nitrogens with zero attached hydrogens (tertiary/aromatic N) is 4. The van der Waals surface area contributed by atoms with E-state index < -0.39 is 5.82 Å². The van der Waals surface area contributed by atoms with Crippen molar-refractivity contribution in [3.63, 3.8) is 0 Å². The van der Waals surface area contributed by atoms with Crippen LogP contribution in [0.15, 0.2) is 52.4 Å². The van der Waals surface area contributed by atoms with Crippen molar-refractivity contribution in [2.24, 2.45) is 0 Å². The summed E-state index contributed by atoms with van der Waals surface area (Å²) in [6, 6.07) is 7.98. The second-order valence-electron chi connectivity index (χ2n) is 5.35. The molecule has 0 saturated carbocycles. The van der Waals surface area contributed by atoms with Crippen LogP contribution < -0.4 is 0 Å². The summed E-state index contributed by atoms with van der Waals surface area (Å²) in [6.07, 6.45) is 3.25. The molecule has 1 aromatic carbocycles. The first-order valence-electron chi connectivity index (χ1n) is 7.58. The van der Waals surface area contributed by atoms with Crippen LogP contribution in [-0.4, -0.2) is 38.8 Å². The van der Waals surface area contributed by atoms with E-state index in [4.69, 9.17) is 16.0 Å². The number of hydrogen-bond acceptors (Lipinski definition) is 6. The molecule has 0 N–H and O–H groups in total. The maximum Gasteiger partial charge on any atom is 0.277 e. The van der Waals surface area contributed by atoms with Gasteiger partial charge in [-0.1, -0.05) is 29.4 Å². The highest BCUT2D eigenvalue weighted by Crippen LogP contribution is 2.24. The van der Waals surface area contributed by atoms with Crippen LogP contribution in [0.25, 0.3) is 11.5 Å². The maximum absolute atomic E-state index is 13.8. The van der Waals surface area contributed by atoms with Gasteiger partial charge < -0.3 is 9.32 Å². The number of aromatic nitrogens is 3. The van der Waals surface area contributed by atoms with Crippen LogP contribution in [0.4, 0.5) is 4.39 Å². The Morgan fingerprint density at radius 1 is 1.31 bits per heavy atom. The Morgan fingerprint density at radius 2 is 2.15 bits per heavy atom. The van der Waals surface area contributed by atoms with Crippen LogP contribution in [0.1, 0.15) is 5.56 Å². The van der Waals surface area contributed by atoms with Crippen LogP contribution in [0.2, 0.25) is 5.02 Å². The first-order valence-corrected chi connectivity index (χ1v) is 8.94. The van der Waals surface area contributed by atoms with Gasteiger partial charge in [0.25, 0.3) is 5.22 Å². The summed E-state index contributed by atoms with van der Waals surface area (Å²) in [7, 11) is 1.58. The molecule has 0 bridgehead atoms. The summed E-state index contributed by atoms with van der Waals surface area (Å²) >= 11 is 7.10. The summed E-state index contributed by atoms with van der Waals surface area (Å²) in [5.41, 5.74) is 0.983. The minimum Gasteiger partial charge on any atom is -0.411 e. The molecule has 0 spiro atoms. The summed E-state index contributed by atoms with van der Waals surface area (Å²) in [5.74, 6) is -0.241. The number of rotatable bonds is 6. The molecule has 0 atom stereocenters.